The van der Waals surface area contributed by atoms with Gasteiger partial charge in [-0.05, 0) is 61.3 Å². The van der Waals surface area contributed by atoms with E-state index >= 15 is 0 Å². The molecule has 2 aromatic carbocycles. The number of hydrogen-bond acceptors (Lipinski definition) is 4. The highest BCUT2D eigenvalue weighted by molar-refractivity contribution is 8.11. The van der Waals surface area contributed by atoms with Crippen LogP contribution in [0, 0.1) is 0 Å². The Morgan fingerprint density at radius 2 is 1.71 bits per heavy atom. The van der Waals surface area contributed by atoms with Crippen LogP contribution in [0.4, 0.5) is 5.69 Å². The van der Waals surface area contributed by atoms with E-state index in [0.717, 1.165) is 59.1 Å². The number of nitrogens with two attached hydrogens (primary N) is 1. The van der Waals surface area contributed by atoms with Crippen LogP contribution in [-0.4, -0.2) is 18.5 Å². The minimum absolute atomic E-state index is 0.230. The number of benzene rings is 2. The molecule has 148 valence electrons. The van der Waals surface area contributed by atoms with Gasteiger partial charge in [-0.3, -0.25) is 0 Å². The lowest BCUT2D eigenvalue weighted by Gasteiger charge is -2.14. The van der Waals surface area contributed by atoms with Crippen molar-refractivity contribution >= 4 is 28.6 Å². The zero-order valence-corrected chi connectivity index (χ0v) is 17.9. The molecule has 0 bridgehead atoms. The lowest BCUT2D eigenvalue weighted by atomic mass is 9.94. The molecule has 0 heterocycles. The standard InChI is InChI=1S/C23H25NOS.CH4O/c1-15(2)22(26-16(3)4)18-7-10-20(21(24)13-18)17-5-8-19(9-6-17)23(14-25)11-12-23;1-2/h5-10,13-14H,3,11-12,24H2,1-2,4H3;2H,1H3. The molecule has 4 heteroatoms. The Balaban J connectivity index is 0.00000136. The summed E-state index contributed by atoms with van der Waals surface area (Å²) in [6, 6.07) is 14.5. The Kier molecular flexibility index (Phi) is 7.28. The van der Waals surface area contributed by atoms with Crippen molar-refractivity contribution in [3.05, 3.63) is 70.6 Å². The number of allylic oxidation sites excluding steroid dienone is 2. The third kappa shape index (κ3) is 4.75. The van der Waals surface area contributed by atoms with E-state index in [2.05, 4.69) is 56.8 Å². The maximum absolute atomic E-state index is 11.3. The molecule has 0 amide bonds. The molecular weight excluding hydrogens is 366 g/mol. The first-order valence-corrected chi connectivity index (χ1v) is 10.1. The molecule has 1 fully saturated rings. The molecule has 1 aliphatic carbocycles. The summed E-state index contributed by atoms with van der Waals surface area (Å²) in [6.45, 7) is 10.2. The number of aldehydes is 1. The van der Waals surface area contributed by atoms with E-state index in [0.29, 0.717) is 0 Å². The van der Waals surface area contributed by atoms with E-state index < -0.39 is 0 Å². The molecule has 0 radical (unpaired) electrons. The largest absolute Gasteiger partial charge is 0.400 e. The van der Waals surface area contributed by atoms with Gasteiger partial charge in [0.15, 0.2) is 0 Å². The summed E-state index contributed by atoms with van der Waals surface area (Å²) in [4.78, 5) is 13.6. The molecule has 0 atom stereocenters. The summed E-state index contributed by atoms with van der Waals surface area (Å²) in [5.41, 5.74) is 12.5. The van der Waals surface area contributed by atoms with Gasteiger partial charge < -0.3 is 15.6 Å². The van der Waals surface area contributed by atoms with Gasteiger partial charge in [0.1, 0.15) is 6.29 Å². The first-order chi connectivity index (χ1) is 13.4. The normalized spacial score (nSPS) is 13.8. The molecule has 0 unspecified atom stereocenters. The van der Waals surface area contributed by atoms with Crippen LogP contribution in [-0.2, 0) is 10.2 Å². The summed E-state index contributed by atoms with van der Waals surface area (Å²) < 4.78 is 0. The lowest BCUT2D eigenvalue weighted by Crippen LogP contribution is -2.07. The fourth-order valence-corrected chi connectivity index (χ4v) is 3.98. The first-order valence-electron chi connectivity index (χ1n) is 9.29. The van der Waals surface area contributed by atoms with E-state index in [4.69, 9.17) is 10.8 Å². The van der Waals surface area contributed by atoms with Crippen molar-refractivity contribution in [2.24, 2.45) is 0 Å². The Labute approximate surface area is 172 Å². The van der Waals surface area contributed by atoms with Gasteiger partial charge in [0.05, 0.1) is 5.41 Å². The number of carbonyl (C=O) groups is 1. The molecule has 0 aliphatic heterocycles. The van der Waals surface area contributed by atoms with Crippen LogP contribution in [0.1, 0.15) is 44.7 Å². The number of nitrogen functional groups attached to an aromatic ring is 1. The number of rotatable bonds is 6. The minimum Gasteiger partial charge on any atom is -0.400 e. The van der Waals surface area contributed by atoms with Gasteiger partial charge in [0.25, 0.3) is 0 Å². The third-order valence-corrected chi connectivity index (χ3v) is 6.03. The van der Waals surface area contributed by atoms with E-state index in [9.17, 15) is 4.79 Å². The zero-order valence-electron chi connectivity index (χ0n) is 17.1. The van der Waals surface area contributed by atoms with Gasteiger partial charge in [-0.2, -0.15) is 0 Å². The first kappa shape index (κ1) is 22.0. The zero-order chi connectivity index (χ0) is 20.9. The lowest BCUT2D eigenvalue weighted by molar-refractivity contribution is -0.109. The van der Waals surface area contributed by atoms with Crippen molar-refractivity contribution in [3.8, 4) is 11.1 Å². The second-order valence-electron chi connectivity index (χ2n) is 7.29. The second-order valence-corrected chi connectivity index (χ2v) is 8.60. The maximum Gasteiger partial charge on any atom is 0.130 e. The van der Waals surface area contributed by atoms with Crippen LogP contribution in [0.2, 0.25) is 0 Å². The Hall–Kier alpha value is -2.30. The van der Waals surface area contributed by atoms with E-state index in [-0.39, 0.29) is 5.41 Å². The smallest absolute Gasteiger partial charge is 0.130 e. The second kappa shape index (κ2) is 9.26. The number of carbonyl (C=O) groups excluding carboxylic acids is 1. The summed E-state index contributed by atoms with van der Waals surface area (Å²) in [7, 11) is 1.00. The van der Waals surface area contributed by atoms with Crippen LogP contribution in [0.3, 0.4) is 0 Å². The van der Waals surface area contributed by atoms with Crippen molar-refractivity contribution in [3.63, 3.8) is 0 Å². The van der Waals surface area contributed by atoms with E-state index in [1.807, 2.05) is 13.0 Å². The van der Waals surface area contributed by atoms with E-state index in [1.54, 1.807) is 11.8 Å². The quantitative estimate of drug-likeness (QED) is 0.480. The molecule has 0 aromatic heterocycles. The third-order valence-electron chi connectivity index (χ3n) is 4.83. The predicted molar refractivity (Wildman–Crippen MR) is 122 cm³/mol. The average Bonchev–Trinajstić information content (AvgIpc) is 3.49. The fourth-order valence-electron chi connectivity index (χ4n) is 3.18. The van der Waals surface area contributed by atoms with Crippen LogP contribution in [0.25, 0.3) is 16.0 Å². The summed E-state index contributed by atoms with van der Waals surface area (Å²) in [6.07, 6.45) is 3.00. The number of anilines is 1. The molecular formula is C24H29NO2S. The van der Waals surface area contributed by atoms with Gasteiger partial charge in [0, 0.05) is 23.3 Å². The Bertz CT molecular complexity index is 889. The molecule has 1 saturated carbocycles. The molecule has 28 heavy (non-hydrogen) atoms. The van der Waals surface area contributed by atoms with Crippen LogP contribution in [0.15, 0.2) is 59.5 Å². The number of hydrogen-bond donors (Lipinski definition) is 2. The van der Waals surface area contributed by atoms with Crippen molar-refractivity contribution in [1.29, 1.82) is 0 Å². The van der Waals surface area contributed by atoms with Crippen molar-refractivity contribution < 1.29 is 9.90 Å². The van der Waals surface area contributed by atoms with Gasteiger partial charge in [-0.25, -0.2) is 0 Å². The van der Waals surface area contributed by atoms with Crippen LogP contribution < -0.4 is 5.73 Å². The fraction of sp³-hybridized carbons (Fsp3) is 0.292. The van der Waals surface area contributed by atoms with Gasteiger partial charge in [0.2, 0.25) is 0 Å². The highest BCUT2D eigenvalue weighted by Gasteiger charge is 2.44. The summed E-state index contributed by atoms with van der Waals surface area (Å²) >= 11 is 1.68. The summed E-state index contributed by atoms with van der Waals surface area (Å²) in [5, 5.41) is 7.00. The number of aliphatic hydroxyl groups is 1. The van der Waals surface area contributed by atoms with Crippen molar-refractivity contribution in [2.45, 2.75) is 39.0 Å². The molecule has 1 aliphatic rings. The molecule has 3 rings (SSSR count). The maximum atomic E-state index is 11.3. The van der Waals surface area contributed by atoms with Gasteiger partial charge in [-0.15, -0.1) is 0 Å². The average molecular weight is 396 g/mol. The highest BCUT2D eigenvalue weighted by atomic mass is 32.2. The van der Waals surface area contributed by atoms with Gasteiger partial charge >= 0.3 is 0 Å². The van der Waals surface area contributed by atoms with Gasteiger partial charge in [-0.1, -0.05) is 60.3 Å². The Morgan fingerprint density at radius 1 is 1.11 bits per heavy atom. The van der Waals surface area contributed by atoms with Crippen LogP contribution >= 0.6 is 11.8 Å². The number of aliphatic hydroxyl groups excluding tert-OH is 1. The molecule has 2 aromatic rings. The molecule has 0 spiro atoms. The van der Waals surface area contributed by atoms with Crippen molar-refractivity contribution in [2.75, 3.05) is 12.8 Å². The monoisotopic (exact) mass is 395 g/mol. The molecule has 0 saturated heterocycles. The SMILES string of the molecule is C=C(C)SC(=C(C)C)c1ccc(-c2ccc(C3(C=O)CC3)cc2)c(N)c1.CO. The minimum atomic E-state index is -0.230. The predicted octanol–water partition coefficient (Wildman–Crippen LogP) is 5.79. The molecule has 3 nitrogen and oxygen atoms in total. The highest BCUT2D eigenvalue weighted by Crippen LogP contribution is 2.46. The number of thioether (sulfide) groups is 1. The topological polar surface area (TPSA) is 63.3 Å². The summed E-state index contributed by atoms with van der Waals surface area (Å²) in [5.74, 6) is 0. The van der Waals surface area contributed by atoms with Crippen LogP contribution in [0.5, 0.6) is 0 Å². The Morgan fingerprint density at radius 3 is 2.14 bits per heavy atom. The van der Waals surface area contributed by atoms with Crippen molar-refractivity contribution in [1.82, 2.24) is 0 Å². The molecule has 3 N–H and O–H groups in total. The van der Waals surface area contributed by atoms with E-state index in [1.165, 1.54) is 10.5 Å².